The molecule has 4 rings (SSSR count). The molecule has 0 saturated carbocycles. The fourth-order valence-corrected chi connectivity index (χ4v) is 3.75. The van der Waals surface area contributed by atoms with E-state index >= 15 is 0 Å². The van der Waals surface area contributed by atoms with Crippen molar-refractivity contribution in [3.8, 4) is 17.1 Å². The van der Waals surface area contributed by atoms with Crippen LogP contribution < -0.4 is 10.1 Å². The minimum absolute atomic E-state index is 0. The van der Waals surface area contributed by atoms with E-state index in [0.717, 1.165) is 48.5 Å². The minimum atomic E-state index is -0.280. The van der Waals surface area contributed by atoms with Gasteiger partial charge in [0.05, 0.1) is 11.9 Å². The van der Waals surface area contributed by atoms with Crippen molar-refractivity contribution >= 4 is 59.7 Å². The predicted molar refractivity (Wildman–Crippen MR) is 143 cm³/mol. The molecular weight excluding hydrogens is 499 g/mol. The van der Waals surface area contributed by atoms with Crippen LogP contribution in [0, 0.1) is 0 Å². The van der Waals surface area contributed by atoms with Crippen molar-refractivity contribution in [2.45, 2.75) is 19.6 Å². The highest BCUT2D eigenvalue weighted by atomic mass is 35.5. The number of nitrogens with zero attached hydrogens (tertiary/aromatic N) is 5. The Morgan fingerprint density at radius 3 is 2.47 bits per heavy atom. The maximum atomic E-state index is 11.9. The number of fused-ring (bicyclic) bond motifs is 1. The van der Waals surface area contributed by atoms with Gasteiger partial charge in [0.15, 0.2) is 12.1 Å². The van der Waals surface area contributed by atoms with Crippen LogP contribution in [0.3, 0.4) is 0 Å². The lowest BCUT2D eigenvalue weighted by molar-refractivity contribution is -0.121. The number of benzene rings is 1. The normalized spacial score (nSPS) is 14.8. The number of halogens is 3. The molecule has 3 aromatic rings. The Labute approximate surface area is 218 Å². The number of pyridine rings is 1. The van der Waals surface area contributed by atoms with E-state index < -0.39 is 0 Å². The van der Waals surface area contributed by atoms with Gasteiger partial charge < -0.3 is 15.0 Å². The van der Waals surface area contributed by atoms with E-state index in [1.165, 1.54) is 0 Å². The van der Waals surface area contributed by atoms with E-state index in [9.17, 15) is 4.79 Å². The molecule has 1 saturated heterocycles. The predicted octanol–water partition coefficient (Wildman–Crippen LogP) is 3.93. The van der Waals surface area contributed by atoms with Gasteiger partial charge in [-0.2, -0.15) is 0 Å². The first-order chi connectivity index (χ1) is 15.0. The molecule has 1 N–H and O–H groups in total. The van der Waals surface area contributed by atoms with Crippen molar-refractivity contribution < 1.29 is 9.53 Å². The maximum Gasteiger partial charge on any atom is 0.163 e. The zero-order valence-electron chi connectivity index (χ0n) is 19.4. The summed E-state index contributed by atoms with van der Waals surface area (Å²) >= 11 is 0. The Morgan fingerprint density at radius 1 is 1.12 bits per heavy atom. The molecule has 0 spiro atoms. The van der Waals surface area contributed by atoms with Gasteiger partial charge in [-0.3, -0.25) is 14.7 Å². The van der Waals surface area contributed by atoms with Gasteiger partial charge in [-0.05, 0) is 44.3 Å². The SMILES string of the molecule is CNc1nc(-c2cccnc2)nc2ccc(OC(CC(C)=O)N3CCN(C)CC3)cc12.Cl.Cl.Cl. The summed E-state index contributed by atoms with van der Waals surface area (Å²) in [6.45, 7) is 5.29. The largest absolute Gasteiger partial charge is 0.475 e. The van der Waals surface area contributed by atoms with E-state index in [2.05, 4.69) is 32.1 Å². The summed E-state index contributed by atoms with van der Waals surface area (Å²) < 4.78 is 6.32. The molecule has 3 heterocycles. The fraction of sp³-hybridized carbons (Fsp3) is 0.391. The summed E-state index contributed by atoms with van der Waals surface area (Å²) in [6, 6.07) is 9.59. The van der Waals surface area contributed by atoms with Crippen LogP contribution in [0.2, 0.25) is 0 Å². The molecule has 1 atom stereocenters. The lowest BCUT2D eigenvalue weighted by atomic mass is 10.2. The van der Waals surface area contributed by atoms with Crippen molar-refractivity contribution in [1.82, 2.24) is 24.8 Å². The van der Waals surface area contributed by atoms with Gasteiger partial charge in [-0.1, -0.05) is 0 Å². The summed E-state index contributed by atoms with van der Waals surface area (Å²) in [5.74, 6) is 2.15. The summed E-state index contributed by atoms with van der Waals surface area (Å²) in [5, 5.41) is 4.03. The van der Waals surface area contributed by atoms with Gasteiger partial charge in [0.1, 0.15) is 17.4 Å². The van der Waals surface area contributed by atoms with Gasteiger partial charge in [-0.15, -0.1) is 37.2 Å². The topological polar surface area (TPSA) is 83.5 Å². The third-order valence-electron chi connectivity index (χ3n) is 5.50. The molecule has 186 valence electrons. The zero-order valence-corrected chi connectivity index (χ0v) is 21.9. The van der Waals surface area contributed by atoms with Crippen LogP contribution in [0.15, 0.2) is 42.7 Å². The van der Waals surface area contributed by atoms with Crippen molar-refractivity contribution in [2.24, 2.45) is 0 Å². The van der Waals surface area contributed by atoms with Crippen LogP contribution in [0.25, 0.3) is 22.3 Å². The first-order valence-corrected chi connectivity index (χ1v) is 10.5. The average Bonchev–Trinajstić information content (AvgIpc) is 2.78. The molecule has 34 heavy (non-hydrogen) atoms. The van der Waals surface area contributed by atoms with E-state index in [1.54, 1.807) is 19.3 Å². The standard InChI is InChI=1S/C23H28N6O2.3ClH/c1-16(30)13-21(29-11-9-28(3)10-12-29)31-18-6-7-20-19(14-18)23(24-2)27-22(26-20)17-5-4-8-25-15-17;;;/h4-8,14-15,21H,9-13H2,1-3H3,(H,24,26,27);3*1H. The third kappa shape index (κ3) is 7.13. The lowest BCUT2D eigenvalue weighted by Crippen LogP contribution is -2.51. The molecule has 1 aliphatic heterocycles. The molecule has 1 aliphatic rings. The highest BCUT2D eigenvalue weighted by molar-refractivity contribution is 5.91. The number of Topliss-reactive ketones (excluding diaryl/α,β-unsaturated/α-hetero) is 1. The number of hydrogen-bond acceptors (Lipinski definition) is 8. The molecule has 11 heteroatoms. The number of ketones is 1. The van der Waals surface area contributed by atoms with Crippen molar-refractivity contribution in [3.05, 3.63) is 42.7 Å². The summed E-state index contributed by atoms with van der Waals surface area (Å²) in [4.78, 5) is 29.9. The fourth-order valence-electron chi connectivity index (χ4n) is 3.75. The number of hydrogen-bond donors (Lipinski definition) is 1. The number of piperazine rings is 1. The van der Waals surface area contributed by atoms with Crippen LogP contribution in [0.4, 0.5) is 5.82 Å². The minimum Gasteiger partial charge on any atom is -0.475 e. The summed E-state index contributed by atoms with van der Waals surface area (Å²) in [7, 11) is 3.95. The number of nitrogens with one attached hydrogen (secondary N) is 1. The lowest BCUT2D eigenvalue weighted by Gasteiger charge is -2.37. The number of ether oxygens (including phenoxy) is 1. The highest BCUT2D eigenvalue weighted by Gasteiger charge is 2.25. The summed E-state index contributed by atoms with van der Waals surface area (Å²) in [5.41, 5.74) is 1.67. The smallest absolute Gasteiger partial charge is 0.163 e. The Balaban J connectivity index is 0.00000193. The molecule has 0 amide bonds. The van der Waals surface area contributed by atoms with Gasteiger partial charge in [0.2, 0.25) is 0 Å². The second kappa shape index (κ2) is 13.6. The molecule has 2 aromatic heterocycles. The van der Waals surface area contributed by atoms with Gasteiger partial charge >= 0.3 is 0 Å². The van der Waals surface area contributed by atoms with Crippen LogP contribution in [0.5, 0.6) is 5.75 Å². The van der Waals surface area contributed by atoms with E-state index in [4.69, 9.17) is 9.72 Å². The highest BCUT2D eigenvalue weighted by Crippen LogP contribution is 2.29. The molecule has 8 nitrogen and oxygen atoms in total. The molecular formula is C23H31Cl3N6O2. The van der Waals surface area contributed by atoms with E-state index in [-0.39, 0.29) is 49.2 Å². The van der Waals surface area contributed by atoms with Crippen LogP contribution in [-0.2, 0) is 4.79 Å². The number of carbonyl (C=O) groups is 1. The molecule has 1 aromatic carbocycles. The zero-order chi connectivity index (χ0) is 21.8. The monoisotopic (exact) mass is 528 g/mol. The van der Waals surface area contributed by atoms with Crippen LogP contribution in [-0.4, -0.2) is 77.0 Å². The molecule has 0 bridgehead atoms. The number of anilines is 1. The number of aromatic nitrogens is 3. The van der Waals surface area contributed by atoms with Crippen molar-refractivity contribution in [2.75, 3.05) is 45.6 Å². The van der Waals surface area contributed by atoms with Crippen LogP contribution >= 0.6 is 37.2 Å². The molecule has 1 unspecified atom stereocenters. The van der Waals surface area contributed by atoms with Crippen molar-refractivity contribution in [3.63, 3.8) is 0 Å². The second-order valence-electron chi connectivity index (χ2n) is 7.88. The molecule has 0 radical (unpaired) electrons. The van der Waals surface area contributed by atoms with Crippen molar-refractivity contribution in [1.29, 1.82) is 0 Å². The summed E-state index contributed by atoms with van der Waals surface area (Å²) in [6.07, 6.45) is 3.56. The molecule has 0 aliphatic carbocycles. The van der Waals surface area contributed by atoms with Gasteiger partial charge in [-0.25, -0.2) is 9.97 Å². The quantitative estimate of drug-likeness (QED) is 0.493. The Bertz CT molecular complexity index is 1070. The first-order valence-electron chi connectivity index (χ1n) is 10.5. The number of rotatable bonds is 7. The third-order valence-corrected chi connectivity index (χ3v) is 5.50. The Morgan fingerprint density at radius 2 is 1.85 bits per heavy atom. The number of carbonyl (C=O) groups excluding carboxylic acids is 1. The maximum absolute atomic E-state index is 11.9. The van der Waals surface area contributed by atoms with Gasteiger partial charge in [0, 0.05) is 56.6 Å². The van der Waals surface area contributed by atoms with Crippen LogP contribution in [0.1, 0.15) is 13.3 Å². The average molecular weight is 530 g/mol. The second-order valence-corrected chi connectivity index (χ2v) is 7.88. The Kier molecular flexibility index (Phi) is 11.9. The Hall–Kier alpha value is -2.23. The van der Waals surface area contributed by atoms with E-state index in [0.29, 0.717) is 18.0 Å². The molecule has 1 fully saturated rings. The van der Waals surface area contributed by atoms with Gasteiger partial charge in [0.25, 0.3) is 0 Å². The van der Waals surface area contributed by atoms with E-state index in [1.807, 2.05) is 37.4 Å². The number of likely N-dealkylation sites (N-methyl/N-ethyl adjacent to an activating group) is 1. The first kappa shape index (κ1) is 29.8.